The first kappa shape index (κ1) is 35.0. The first-order chi connectivity index (χ1) is 29.7. The van der Waals surface area contributed by atoms with E-state index in [2.05, 4.69) is 166 Å². The molecule has 2 heterocycles. The Morgan fingerprint density at radius 3 is 0.867 bits per heavy atom. The van der Waals surface area contributed by atoms with E-state index in [-0.39, 0.29) is 0 Å². The zero-order chi connectivity index (χ0) is 39.8. The van der Waals surface area contributed by atoms with Gasteiger partial charge < -0.3 is 8.83 Å². The zero-order valence-electron chi connectivity index (χ0n) is 32.2. The van der Waals surface area contributed by atoms with E-state index in [9.17, 15) is 0 Å². The standard InChI is InChI=1S/C54H34N4O2/c1-3-13-35(14-4-1)41-17-11-19-43(33-41)53-57-55-51(59-53)39-29-25-37(26-30-39)49-45-21-7-9-23-47(45)50(48-24-10-8-22-46(48)49)38-27-31-40(32-28-38)52-56-58-54(60-52)44-20-12-18-42(34-44)36-15-5-2-6-16-36/h1-34H. The molecule has 0 bridgehead atoms. The number of aromatic nitrogens is 4. The van der Waals surface area contributed by atoms with Crippen molar-refractivity contribution in [3.63, 3.8) is 0 Å². The van der Waals surface area contributed by atoms with Gasteiger partial charge in [0.1, 0.15) is 0 Å². The molecule has 0 atom stereocenters. The minimum absolute atomic E-state index is 0.476. The summed E-state index contributed by atoms with van der Waals surface area (Å²) in [5.74, 6) is 1.92. The number of fused-ring (bicyclic) bond motifs is 2. The lowest BCUT2D eigenvalue weighted by molar-refractivity contribution is 0.584. The molecule has 0 spiro atoms. The highest BCUT2D eigenvalue weighted by Gasteiger charge is 2.19. The van der Waals surface area contributed by atoms with Gasteiger partial charge in [-0.3, -0.25) is 0 Å². The molecule has 60 heavy (non-hydrogen) atoms. The van der Waals surface area contributed by atoms with E-state index in [1.165, 1.54) is 32.7 Å². The molecule has 0 N–H and O–H groups in total. The van der Waals surface area contributed by atoms with Gasteiger partial charge in [0.05, 0.1) is 0 Å². The van der Waals surface area contributed by atoms with Crippen LogP contribution in [0.1, 0.15) is 0 Å². The van der Waals surface area contributed by atoms with E-state index in [4.69, 9.17) is 8.83 Å². The maximum atomic E-state index is 6.24. The largest absolute Gasteiger partial charge is 0.416 e. The third-order valence-corrected chi connectivity index (χ3v) is 11.1. The Morgan fingerprint density at radius 1 is 0.217 bits per heavy atom. The number of hydrogen-bond acceptors (Lipinski definition) is 6. The fourth-order valence-electron chi connectivity index (χ4n) is 8.15. The Balaban J connectivity index is 0.908. The molecule has 9 aromatic carbocycles. The van der Waals surface area contributed by atoms with E-state index < -0.39 is 0 Å². The van der Waals surface area contributed by atoms with Crippen molar-refractivity contribution in [2.24, 2.45) is 0 Å². The molecule has 0 saturated heterocycles. The second kappa shape index (κ2) is 14.9. The predicted octanol–water partition coefficient (Wildman–Crippen LogP) is 14.1. The molecule has 0 amide bonds. The van der Waals surface area contributed by atoms with Crippen LogP contribution in [0.25, 0.3) is 112 Å². The molecule has 0 fully saturated rings. The second-order valence-corrected chi connectivity index (χ2v) is 14.7. The topological polar surface area (TPSA) is 77.8 Å². The molecule has 6 heteroatoms. The summed E-state index contributed by atoms with van der Waals surface area (Å²) in [6, 6.07) is 71.1. The van der Waals surface area contributed by atoms with Gasteiger partial charge in [-0.05, 0) is 115 Å². The van der Waals surface area contributed by atoms with Crippen molar-refractivity contribution >= 4 is 21.5 Å². The van der Waals surface area contributed by atoms with Crippen molar-refractivity contribution in [3.8, 4) is 90.3 Å². The fraction of sp³-hybridized carbons (Fsp3) is 0. The Bertz CT molecular complexity index is 3020. The quantitative estimate of drug-likeness (QED) is 0.143. The maximum absolute atomic E-state index is 6.24. The normalized spacial score (nSPS) is 11.3. The third kappa shape index (κ3) is 6.42. The van der Waals surface area contributed by atoms with Gasteiger partial charge in [0.15, 0.2) is 0 Å². The highest BCUT2D eigenvalue weighted by molar-refractivity contribution is 6.21. The van der Waals surface area contributed by atoms with Gasteiger partial charge in [-0.25, -0.2) is 0 Å². The van der Waals surface area contributed by atoms with Gasteiger partial charge in [-0.15, -0.1) is 20.4 Å². The Labute approximate surface area is 346 Å². The third-order valence-electron chi connectivity index (χ3n) is 11.1. The molecule has 2 aromatic heterocycles. The molecule has 11 aromatic rings. The van der Waals surface area contributed by atoms with Crippen LogP contribution in [0.5, 0.6) is 0 Å². The monoisotopic (exact) mass is 770 g/mol. The highest BCUT2D eigenvalue weighted by Crippen LogP contribution is 2.44. The molecule has 0 unspecified atom stereocenters. The lowest BCUT2D eigenvalue weighted by Gasteiger charge is -2.18. The molecular formula is C54H34N4O2. The van der Waals surface area contributed by atoms with Crippen molar-refractivity contribution in [1.82, 2.24) is 20.4 Å². The van der Waals surface area contributed by atoms with Crippen LogP contribution in [0.15, 0.2) is 215 Å². The van der Waals surface area contributed by atoms with Gasteiger partial charge in [0.25, 0.3) is 0 Å². The van der Waals surface area contributed by atoms with E-state index in [0.717, 1.165) is 55.6 Å². The van der Waals surface area contributed by atoms with Gasteiger partial charge in [-0.2, -0.15) is 0 Å². The lowest BCUT2D eigenvalue weighted by Crippen LogP contribution is -1.91. The van der Waals surface area contributed by atoms with Crippen molar-refractivity contribution in [2.45, 2.75) is 0 Å². The molecule has 0 radical (unpaired) electrons. The zero-order valence-corrected chi connectivity index (χ0v) is 32.2. The average molecular weight is 771 g/mol. The fourth-order valence-corrected chi connectivity index (χ4v) is 8.15. The lowest BCUT2D eigenvalue weighted by atomic mass is 9.85. The van der Waals surface area contributed by atoms with Crippen LogP contribution < -0.4 is 0 Å². The van der Waals surface area contributed by atoms with Crippen LogP contribution in [-0.2, 0) is 0 Å². The van der Waals surface area contributed by atoms with E-state index >= 15 is 0 Å². The van der Waals surface area contributed by atoms with Crippen molar-refractivity contribution < 1.29 is 8.83 Å². The van der Waals surface area contributed by atoms with E-state index in [1.54, 1.807) is 0 Å². The molecule has 6 nitrogen and oxygen atoms in total. The first-order valence-corrected chi connectivity index (χ1v) is 19.9. The number of benzene rings is 9. The summed E-state index contributed by atoms with van der Waals surface area (Å²) in [5, 5.41) is 22.4. The van der Waals surface area contributed by atoms with Crippen molar-refractivity contribution in [2.75, 3.05) is 0 Å². The van der Waals surface area contributed by atoms with Crippen LogP contribution in [-0.4, -0.2) is 20.4 Å². The summed E-state index contributed by atoms with van der Waals surface area (Å²) in [5.41, 5.74) is 12.5. The smallest absolute Gasteiger partial charge is 0.248 e. The van der Waals surface area contributed by atoms with E-state index in [1.807, 2.05) is 60.7 Å². The molecule has 11 rings (SSSR count). The number of rotatable bonds is 8. The van der Waals surface area contributed by atoms with Gasteiger partial charge >= 0.3 is 0 Å². The predicted molar refractivity (Wildman–Crippen MR) is 241 cm³/mol. The Kier molecular flexibility index (Phi) is 8.71. The molecule has 282 valence electrons. The van der Waals surface area contributed by atoms with Crippen molar-refractivity contribution in [1.29, 1.82) is 0 Å². The maximum Gasteiger partial charge on any atom is 0.248 e. The number of nitrogens with zero attached hydrogens (tertiary/aromatic N) is 4. The van der Waals surface area contributed by atoms with Crippen LogP contribution in [0.3, 0.4) is 0 Å². The first-order valence-electron chi connectivity index (χ1n) is 19.9. The molecule has 0 aliphatic rings. The van der Waals surface area contributed by atoms with Crippen LogP contribution in [0, 0.1) is 0 Å². The van der Waals surface area contributed by atoms with Gasteiger partial charge in [-0.1, -0.05) is 158 Å². The van der Waals surface area contributed by atoms with Gasteiger partial charge in [0.2, 0.25) is 23.6 Å². The molecule has 0 aliphatic carbocycles. The minimum Gasteiger partial charge on any atom is -0.416 e. The van der Waals surface area contributed by atoms with Crippen LogP contribution in [0.2, 0.25) is 0 Å². The Morgan fingerprint density at radius 2 is 0.500 bits per heavy atom. The average Bonchev–Trinajstić information content (AvgIpc) is 4.04. The van der Waals surface area contributed by atoms with Crippen LogP contribution in [0.4, 0.5) is 0 Å². The molecule has 0 saturated carbocycles. The molecule has 0 aliphatic heterocycles. The summed E-state index contributed by atoms with van der Waals surface area (Å²) in [7, 11) is 0. The SMILES string of the molecule is c1ccc(-c2cccc(-c3nnc(-c4ccc(-c5c6ccccc6c(-c6ccc(-c7nnc(-c8cccc(-c9ccccc9)c8)o7)cc6)c6ccccc56)cc4)o3)c2)cc1. The summed E-state index contributed by atoms with van der Waals surface area (Å²) in [4.78, 5) is 0. The summed E-state index contributed by atoms with van der Waals surface area (Å²) < 4.78 is 12.5. The Hall–Kier alpha value is -8.22. The minimum atomic E-state index is 0.476. The van der Waals surface area contributed by atoms with Crippen molar-refractivity contribution in [3.05, 3.63) is 206 Å². The van der Waals surface area contributed by atoms with Crippen LogP contribution >= 0.6 is 0 Å². The summed E-state index contributed by atoms with van der Waals surface area (Å²) in [6.07, 6.45) is 0. The highest BCUT2D eigenvalue weighted by atomic mass is 16.4. The second-order valence-electron chi connectivity index (χ2n) is 14.7. The summed E-state index contributed by atoms with van der Waals surface area (Å²) >= 11 is 0. The van der Waals surface area contributed by atoms with Gasteiger partial charge in [0, 0.05) is 22.3 Å². The number of hydrogen-bond donors (Lipinski definition) is 0. The molecular weight excluding hydrogens is 737 g/mol. The summed E-state index contributed by atoms with van der Waals surface area (Å²) in [6.45, 7) is 0. The van der Waals surface area contributed by atoms with E-state index in [0.29, 0.717) is 23.6 Å².